The van der Waals surface area contributed by atoms with E-state index in [-0.39, 0.29) is 6.10 Å². The number of ether oxygens (including phenoxy) is 1. The Morgan fingerprint density at radius 1 is 1.45 bits per heavy atom. The van der Waals surface area contributed by atoms with Gasteiger partial charge in [-0.15, -0.1) is 0 Å². The summed E-state index contributed by atoms with van der Waals surface area (Å²) in [7, 11) is 1.67. The molecule has 0 bridgehead atoms. The molecule has 11 heavy (non-hydrogen) atoms. The van der Waals surface area contributed by atoms with Crippen LogP contribution in [0, 0.1) is 0 Å². The molecule has 0 aromatic rings. The maximum atomic E-state index is 9.20. The molecule has 0 amide bonds. The summed E-state index contributed by atoms with van der Waals surface area (Å²) in [5.74, 6) is 0.995. The molecule has 0 fully saturated rings. The Kier molecular flexibility index (Phi) is 2.71. The molecule has 2 nitrogen and oxygen atoms in total. The van der Waals surface area contributed by atoms with Gasteiger partial charge >= 0.3 is 0 Å². The van der Waals surface area contributed by atoms with Gasteiger partial charge in [0, 0.05) is 6.42 Å². The van der Waals surface area contributed by atoms with Gasteiger partial charge in [0.15, 0.2) is 0 Å². The van der Waals surface area contributed by atoms with Crippen molar-refractivity contribution >= 4 is 0 Å². The van der Waals surface area contributed by atoms with Gasteiger partial charge in [-0.1, -0.05) is 6.08 Å². The third-order valence-corrected chi connectivity index (χ3v) is 1.94. The van der Waals surface area contributed by atoms with E-state index in [9.17, 15) is 5.11 Å². The molecule has 1 atom stereocenters. The Balaban J connectivity index is 2.61. The summed E-state index contributed by atoms with van der Waals surface area (Å²) in [5.41, 5.74) is 1.09. The van der Waals surface area contributed by atoms with Crippen LogP contribution in [0.15, 0.2) is 23.5 Å². The molecule has 1 aliphatic rings. The Hall–Kier alpha value is -0.760. The number of methoxy groups -OCH3 is 1. The highest BCUT2D eigenvalue weighted by atomic mass is 16.5. The van der Waals surface area contributed by atoms with Crippen LogP contribution in [0.1, 0.15) is 19.8 Å². The predicted molar refractivity (Wildman–Crippen MR) is 44.1 cm³/mol. The first-order valence-corrected chi connectivity index (χ1v) is 3.85. The van der Waals surface area contributed by atoms with Gasteiger partial charge in [-0.2, -0.15) is 0 Å². The smallest absolute Gasteiger partial charge is 0.0958 e. The monoisotopic (exact) mass is 154 g/mol. The molecule has 0 radical (unpaired) electrons. The van der Waals surface area contributed by atoms with Gasteiger partial charge in [0.2, 0.25) is 0 Å². The topological polar surface area (TPSA) is 29.5 Å². The zero-order valence-corrected chi connectivity index (χ0v) is 7.00. The molecule has 0 aromatic carbocycles. The normalized spacial score (nSPS) is 20.3. The van der Waals surface area contributed by atoms with E-state index < -0.39 is 0 Å². The number of allylic oxidation sites excluding steroid dienone is 3. The predicted octanol–water partition coefficient (Wildman–Crippen LogP) is 1.62. The van der Waals surface area contributed by atoms with Crippen LogP contribution in [0.2, 0.25) is 0 Å². The second-order valence-corrected chi connectivity index (χ2v) is 2.75. The van der Waals surface area contributed by atoms with E-state index >= 15 is 0 Å². The highest BCUT2D eigenvalue weighted by Gasteiger charge is 2.09. The van der Waals surface area contributed by atoms with Crippen LogP contribution < -0.4 is 0 Å². The summed E-state index contributed by atoms with van der Waals surface area (Å²) < 4.78 is 5.05. The van der Waals surface area contributed by atoms with Crippen molar-refractivity contribution in [1.29, 1.82) is 0 Å². The first-order valence-electron chi connectivity index (χ1n) is 3.85. The second kappa shape index (κ2) is 3.58. The lowest BCUT2D eigenvalue weighted by atomic mass is 10.00. The first kappa shape index (κ1) is 8.34. The van der Waals surface area contributed by atoms with Crippen molar-refractivity contribution in [2.45, 2.75) is 25.9 Å². The van der Waals surface area contributed by atoms with E-state index in [2.05, 4.69) is 0 Å². The van der Waals surface area contributed by atoms with E-state index in [0.29, 0.717) is 0 Å². The molecule has 1 rings (SSSR count). The molecule has 0 saturated heterocycles. The van der Waals surface area contributed by atoms with Gasteiger partial charge < -0.3 is 9.84 Å². The lowest BCUT2D eigenvalue weighted by Crippen LogP contribution is -2.07. The second-order valence-electron chi connectivity index (χ2n) is 2.75. The molecular formula is C9H14O2. The lowest BCUT2D eigenvalue weighted by Gasteiger charge is -2.15. The van der Waals surface area contributed by atoms with E-state index in [1.54, 1.807) is 14.0 Å². The summed E-state index contributed by atoms with van der Waals surface area (Å²) >= 11 is 0. The van der Waals surface area contributed by atoms with Crippen LogP contribution in [0.3, 0.4) is 0 Å². The number of rotatable bonds is 2. The van der Waals surface area contributed by atoms with Crippen LogP contribution in [0.25, 0.3) is 0 Å². The van der Waals surface area contributed by atoms with Crippen LogP contribution >= 0.6 is 0 Å². The fourth-order valence-corrected chi connectivity index (χ4v) is 1.15. The van der Waals surface area contributed by atoms with Gasteiger partial charge in [0.05, 0.1) is 19.0 Å². The number of aliphatic hydroxyl groups is 1. The Morgan fingerprint density at radius 3 is 2.55 bits per heavy atom. The van der Waals surface area contributed by atoms with E-state index in [0.717, 1.165) is 24.2 Å². The maximum absolute atomic E-state index is 9.20. The van der Waals surface area contributed by atoms with Crippen LogP contribution in [-0.4, -0.2) is 18.3 Å². The quantitative estimate of drug-likeness (QED) is 0.655. The third-order valence-electron chi connectivity index (χ3n) is 1.94. The number of aliphatic hydroxyl groups excluding tert-OH is 1. The van der Waals surface area contributed by atoms with Gasteiger partial charge in [0.1, 0.15) is 0 Å². The van der Waals surface area contributed by atoms with E-state index in [4.69, 9.17) is 4.74 Å². The molecule has 1 aliphatic carbocycles. The highest BCUT2D eigenvalue weighted by molar-refractivity contribution is 5.23. The molecule has 2 heteroatoms. The molecule has 1 unspecified atom stereocenters. The SMILES string of the molecule is COC1=CC=C(C(C)O)CC1. The molecule has 0 aliphatic heterocycles. The fraction of sp³-hybridized carbons (Fsp3) is 0.556. The van der Waals surface area contributed by atoms with Crippen LogP contribution in [0.4, 0.5) is 0 Å². The Bertz CT molecular complexity index is 190. The van der Waals surface area contributed by atoms with Crippen molar-refractivity contribution in [3.05, 3.63) is 23.5 Å². The van der Waals surface area contributed by atoms with Gasteiger partial charge in [-0.05, 0) is 25.0 Å². The summed E-state index contributed by atoms with van der Waals surface area (Å²) in [5, 5.41) is 9.20. The fourth-order valence-electron chi connectivity index (χ4n) is 1.15. The number of hydrogen-bond donors (Lipinski definition) is 1. The van der Waals surface area contributed by atoms with Gasteiger partial charge in [0.25, 0.3) is 0 Å². The van der Waals surface area contributed by atoms with Crippen molar-refractivity contribution in [1.82, 2.24) is 0 Å². The summed E-state index contributed by atoms with van der Waals surface area (Å²) in [6, 6.07) is 0. The summed E-state index contributed by atoms with van der Waals surface area (Å²) in [6.45, 7) is 1.79. The van der Waals surface area contributed by atoms with Crippen LogP contribution in [-0.2, 0) is 4.74 Å². The molecular weight excluding hydrogens is 140 g/mol. The Morgan fingerprint density at radius 2 is 2.18 bits per heavy atom. The zero-order valence-electron chi connectivity index (χ0n) is 7.00. The van der Waals surface area contributed by atoms with Crippen molar-refractivity contribution in [3.63, 3.8) is 0 Å². The molecule has 1 N–H and O–H groups in total. The first-order chi connectivity index (χ1) is 5.24. The Labute approximate surface area is 67.2 Å². The minimum absolute atomic E-state index is 0.315. The van der Waals surface area contributed by atoms with Crippen LogP contribution in [0.5, 0.6) is 0 Å². The summed E-state index contributed by atoms with van der Waals surface area (Å²) in [6.07, 6.45) is 5.37. The molecule has 0 spiro atoms. The molecule has 62 valence electrons. The van der Waals surface area contributed by atoms with Crippen molar-refractivity contribution in [2.24, 2.45) is 0 Å². The average molecular weight is 154 g/mol. The van der Waals surface area contributed by atoms with Crippen molar-refractivity contribution < 1.29 is 9.84 Å². The zero-order chi connectivity index (χ0) is 8.27. The minimum Gasteiger partial charge on any atom is -0.501 e. The minimum atomic E-state index is -0.315. The molecule has 0 saturated carbocycles. The van der Waals surface area contributed by atoms with E-state index in [1.165, 1.54) is 0 Å². The van der Waals surface area contributed by atoms with Crippen molar-refractivity contribution in [2.75, 3.05) is 7.11 Å². The highest BCUT2D eigenvalue weighted by Crippen LogP contribution is 2.20. The van der Waals surface area contributed by atoms with E-state index in [1.807, 2.05) is 12.2 Å². The van der Waals surface area contributed by atoms with Crippen molar-refractivity contribution in [3.8, 4) is 0 Å². The number of hydrogen-bond acceptors (Lipinski definition) is 2. The third kappa shape index (κ3) is 2.09. The standard InChI is InChI=1S/C9H14O2/c1-7(10)8-3-5-9(11-2)6-4-8/h3,5,7,10H,4,6H2,1-2H3. The van der Waals surface area contributed by atoms with Gasteiger partial charge in [-0.3, -0.25) is 0 Å². The molecule has 0 heterocycles. The molecule has 0 aromatic heterocycles. The van der Waals surface area contributed by atoms with Gasteiger partial charge in [-0.25, -0.2) is 0 Å². The largest absolute Gasteiger partial charge is 0.501 e. The lowest BCUT2D eigenvalue weighted by molar-refractivity contribution is 0.221. The maximum Gasteiger partial charge on any atom is 0.0958 e. The average Bonchev–Trinajstić information content (AvgIpc) is 2.05. The summed E-state index contributed by atoms with van der Waals surface area (Å²) in [4.78, 5) is 0.